The molecule has 3 nitrogen and oxygen atoms in total. The molecule has 114 valence electrons. The number of aryl methyl sites for hydroxylation is 3. The first kappa shape index (κ1) is 15.6. The molecule has 1 aromatic carbocycles. The van der Waals surface area contributed by atoms with Crippen molar-refractivity contribution in [3.05, 3.63) is 52.3 Å². The maximum atomic E-state index is 14.3. The first-order valence-corrected chi connectivity index (χ1v) is 7.13. The molecule has 0 saturated carbocycles. The van der Waals surface area contributed by atoms with E-state index in [0.29, 0.717) is 17.7 Å². The number of nitrogens with zero attached hydrogens (tertiary/aromatic N) is 2. The standard InChI is InChI=1S/C16H21F2N3/c1-5-8-19-16(13-9-21(4)20-11(13)3)12-7-6-10(2)14(17)15(12)18/h6-7,9,16,19H,5,8H2,1-4H3. The average molecular weight is 293 g/mol. The summed E-state index contributed by atoms with van der Waals surface area (Å²) in [6, 6.07) is 2.86. The summed E-state index contributed by atoms with van der Waals surface area (Å²) in [5.41, 5.74) is 2.32. The van der Waals surface area contributed by atoms with Crippen molar-refractivity contribution in [3.63, 3.8) is 0 Å². The van der Waals surface area contributed by atoms with Crippen molar-refractivity contribution in [2.45, 2.75) is 33.2 Å². The third-order valence-corrected chi connectivity index (χ3v) is 3.58. The Morgan fingerprint density at radius 1 is 1.19 bits per heavy atom. The first-order chi connectivity index (χ1) is 9.95. The lowest BCUT2D eigenvalue weighted by molar-refractivity contribution is 0.475. The quantitative estimate of drug-likeness (QED) is 0.915. The third-order valence-electron chi connectivity index (χ3n) is 3.58. The summed E-state index contributed by atoms with van der Waals surface area (Å²) in [5.74, 6) is -1.57. The number of halogens is 2. The zero-order valence-electron chi connectivity index (χ0n) is 12.9. The van der Waals surface area contributed by atoms with Gasteiger partial charge in [0.1, 0.15) is 0 Å². The van der Waals surface area contributed by atoms with Crippen LogP contribution < -0.4 is 5.32 Å². The minimum atomic E-state index is -0.785. The summed E-state index contributed by atoms with van der Waals surface area (Å²) in [7, 11) is 1.82. The number of hydrogen-bond acceptors (Lipinski definition) is 2. The molecular formula is C16H21F2N3. The summed E-state index contributed by atoms with van der Waals surface area (Å²) in [6.45, 7) is 6.19. The van der Waals surface area contributed by atoms with Crippen molar-refractivity contribution in [1.29, 1.82) is 0 Å². The number of rotatable bonds is 5. The molecule has 2 aromatic rings. The Kier molecular flexibility index (Phi) is 4.73. The topological polar surface area (TPSA) is 29.9 Å². The Balaban J connectivity index is 2.50. The summed E-state index contributed by atoms with van der Waals surface area (Å²) in [6.07, 6.45) is 2.76. The van der Waals surface area contributed by atoms with E-state index in [4.69, 9.17) is 0 Å². The smallest absolute Gasteiger partial charge is 0.164 e. The normalized spacial score (nSPS) is 12.7. The first-order valence-electron chi connectivity index (χ1n) is 7.13. The van der Waals surface area contributed by atoms with Crippen molar-refractivity contribution in [2.24, 2.45) is 7.05 Å². The maximum absolute atomic E-state index is 14.3. The van der Waals surface area contributed by atoms with Gasteiger partial charge >= 0.3 is 0 Å². The molecular weight excluding hydrogens is 272 g/mol. The molecule has 0 radical (unpaired) electrons. The van der Waals surface area contributed by atoms with Crippen LogP contribution in [0.15, 0.2) is 18.3 Å². The number of benzene rings is 1. The second-order valence-electron chi connectivity index (χ2n) is 5.33. The van der Waals surface area contributed by atoms with Crippen LogP contribution in [0, 0.1) is 25.5 Å². The Morgan fingerprint density at radius 3 is 2.48 bits per heavy atom. The third kappa shape index (κ3) is 3.13. The SMILES string of the molecule is CCCNC(c1cn(C)nc1C)c1ccc(C)c(F)c1F. The summed E-state index contributed by atoms with van der Waals surface area (Å²) >= 11 is 0. The van der Waals surface area contributed by atoms with Crippen molar-refractivity contribution < 1.29 is 8.78 Å². The van der Waals surface area contributed by atoms with Crippen molar-refractivity contribution >= 4 is 0 Å². The molecule has 0 aliphatic rings. The van der Waals surface area contributed by atoms with Gasteiger partial charge in [-0.15, -0.1) is 0 Å². The molecule has 5 heteroatoms. The maximum Gasteiger partial charge on any atom is 0.164 e. The van der Waals surface area contributed by atoms with E-state index in [0.717, 1.165) is 17.7 Å². The van der Waals surface area contributed by atoms with E-state index in [1.165, 1.54) is 0 Å². The fraction of sp³-hybridized carbons (Fsp3) is 0.438. The minimum absolute atomic E-state index is 0.313. The number of hydrogen-bond donors (Lipinski definition) is 1. The molecule has 1 heterocycles. The van der Waals surface area contributed by atoms with Gasteiger partial charge in [0.25, 0.3) is 0 Å². The van der Waals surface area contributed by atoms with Gasteiger partial charge in [-0.05, 0) is 32.4 Å². The predicted octanol–water partition coefficient (Wildman–Crippen LogP) is 3.40. The van der Waals surface area contributed by atoms with Gasteiger partial charge in [-0.25, -0.2) is 8.78 Å². The van der Waals surface area contributed by atoms with Crippen LogP contribution >= 0.6 is 0 Å². The summed E-state index contributed by atoms with van der Waals surface area (Å²) < 4.78 is 29.9. The molecule has 0 aliphatic carbocycles. The molecule has 1 aromatic heterocycles. The highest BCUT2D eigenvalue weighted by Crippen LogP contribution is 2.28. The lowest BCUT2D eigenvalue weighted by Crippen LogP contribution is -2.25. The van der Waals surface area contributed by atoms with Crippen LogP contribution in [-0.2, 0) is 7.05 Å². The zero-order chi connectivity index (χ0) is 15.6. The summed E-state index contributed by atoms with van der Waals surface area (Å²) in [5, 5.41) is 7.58. The van der Waals surface area contributed by atoms with Crippen LogP contribution in [0.5, 0.6) is 0 Å². The van der Waals surface area contributed by atoms with Gasteiger partial charge in [-0.1, -0.05) is 19.1 Å². The van der Waals surface area contributed by atoms with E-state index in [1.807, 2.05) is 27.1 Å². The van der Waals surface area contributed by atoms with Crippen LogP contribution in [0.3, 0.4) is 0 Å². The van der Waals surface area contributed by atoms with E-state index in [9.17, 15) is 8.78 Å². The van der Waals surface area contributed by atoms with Gasteiger partial charge in [0.15, 0.2) is 11.6 Å². The molecule has 0 amide bonds. The predicted molar refractivity (Wildman–Crippen MR) is 79.2 cm³/mol. The van der Waals surface area contributed by atoms with Crippen LogP contribution in [0.2, 0.25) is 0 Å². The van der Waals surface area contributed by atoms with Crippen molar-refractivity contribution in [2.75, 3.05) is 6.54 Å². The molecule has 21 heavy (non-hydrogen) atoms. The van der Waals surface area contributed by atoms with E-state index in [1.54, 1.807) is 23.7 Å². The van der Waals surface area contributed by atoms with Crippen molar-refractivity contribution in [3.8, 4) is 0 Å². The molecule has 1 N–H and O–H groups in total. The molecule has 0 fully saturated rings. The van der Waals surface area contributed by atoms with Crippen LogP contribution in [-0.4, -0.2) is 16.3 Å². The highest BCUT2D eigenvalue weighted by Gasteiger charge is 2.23. The monoisotopic (exact) mass is 293 g/mol. The second-order valence-corrected chi connectivity index (χ2v) is 5.33. The highest BCUT2D eigenvalue weighted by molar-refractivity contribution is 5.36. The Bertz CT molecular complexity index is 635. The molecule has 0 saturated heterocycles. The van der Waals surface area contributed by atoms with Gasteiger partial charge in [0, 0.05) is 24.4 Å². The van der Waals surface area contributed by atoms with E-state index >= 15 is 0 Å². The number of nitrogens with one attached hydrogen (secondary N) is 1. The zero-order valence-corrected chi connectivity index (χ0v) is 12.9. The van der Waals surface area contributed by atoms with Gasteiger partial charge in [-0.2, -0.15) is 5.10 Å². The van der Waals surface area contributed by atoms with Crippen molar-refractivity contribution in [1.82, 2.24) is 15.1 Å². The molecule has 0 bridgehead atoms. The Hall–Kier alpha value is -1.75. The lowest BCUT2D eigenvalue weighted by atomic mass is 9.97. The highest BCUT2D eigenvalue weighted by atomic mass is 19.2. The van der Waals surface area contributed by atoms with Gasteiger partial charge in [0.05, 0.1) is 11.7 Å². The van der Waals surface area contributed by atoms with E-state index < -0.39 is 17.7 Å². The fourth-order valence-electron chi connectivity index (χ4n) is 2.46. The fourth-order valence-corrected chi connectivity index (χ4v) is 2.46. The van der Waals surface area contributed by atoms with Crippen LogP contribution in [0.4, 0.5) is 8.78 Å². The van der Waals surface area contributed by atoms with Gasteiger partial charge in [-0.3, -0.25) is 4.68 Å². The molecule has 1 atom stereocenters. The van der Waals surface area contributed by atoms with Gasteiger partial charge < -0.3 is 5.32 Å². The average Bonchev–Trinajstić information content (AvgIpc) is 2.77. The van der Waals surface area contributed by atoms with Gasteiger partial charge in [0.2, 0.25) is 0 Å². The molecule has 1 unspecified atom stereocenters. The molecule has 2 rings (SSSR count). The second kappa shape index (κ2) is 6.35. The Morgan fingerprint density at radius 2 is 1.90 bits per heavy atom. The van der Waals surface area contributed by atoms with Crippen LogP contribution in [0.1, 0.15) is 41.8 Å². The largest absolute Gasteiger partial charge is 0.306 e. The Labute approximate surface area is 124 Å². The number of aromatic nitrogens is 2. The summed E-state index contributed by atoms with van der Waals surface area (Å²) in [4.78, 5) is 0. The van der Waals surface area contributed by atoms with E-state index in [2.05, 4.69) is 10.4 Å². The van der Waals surface area contributed by atoms with E-state index in [-0.39, 0.29) is 0 Å². The minimum Gasteiger partial charge on any atom is -0.306 e. The molecule has 0 aliphatic heterocycles. The van der Waals surface area contributed by atoms with Crippen LogP contribution in [0.25, 0.3) is 0 Å². The molecule has 0 spiro atoms. The lowest BCUT2D eigenvalue weighted by Gasteiger charge is -2.20.